The Morgan fingerprint density at radius 1 is 1.17 bits per heavy atom. The first-order chi connectivity index (χ1) is 14.0. The van der Waals surface area contributed by atoms with Gasteiger partial charge in [0, 0.05) is 25.0 Å². The molecule has 162 valence electrons. The molecular formula is C18H17F4N3O4S. The van der Waals surface area contributed by atoms with Crippen LogP contribution in [0.3, 0.4) is 0 Å². The normalized spacial score (nSPS) is 16.0. The van der Waals surface area contributed by atoms with Crippen LogP contribution in [-0.4, -0.2) is 49.9 Å². The molecular weight excluding hydrogens is 430 g/mol. The Hall–Kier alpha value is -2.73. The summed E-state index contributed by atoms with van der Waals surface area (Å²) in [5, 5.41) is 0. The minimum atomic E-state index is -4.68. The van der Waals surface area contributed by atoms with E-state index in [1.54, 1.807) is 6.92 Å². The molecule has 1 aliphatic heterocycles. The summed E-state index contributed by atoms with van der Waals surface area (Å²) in [6, 6.07) is 5.11. The van der Waals surface area contributed by atoms with Gasteiger partial charge in [0.15, 0.2) is 11.6 Å². The summed E-state index contributed by atoms with van der Waals surface area (Å²) in [6.07, 6.45) is -3.75. The number of benzene rings is 1. The van der Waals surface area contributed by atoms with Crippen LogP contribution in [-0.2, 0) is 21.0 Å². The summed E-state index contributed by atoms with van der Waals surface area (Å²) >= 11 is 0. The largest absolute Gasteiger partial charge is 0.491 e. The van der Waals surface area contributed by atoms with Gasteiger partial charge in [-0.05, 0) is 37.3 Å². The number of carbonyl (C=O) groups is 1. The van der Waals surface area contributed by atoms with Crippen LogP contribution in [0.25, 0.3) is 0 Å². The van der Waals surface area contributed by atoms with Crippen LogP contribution < -0.4 is 9.64 Å². The van der Waals surface area contributed by atoms with Crippen LogP contribution in [0, 0.1) is 5.82 Å². The van der Waals surface area contributed by atoms with Crippen molar-refractivity contribution in [3.8, 4) is 5.75 Å². The second kappa shape index (κ2) is 8.19. The van der Waals surface area contributed by atoms with Gasteiger partial charge < -0.3 is 9.64 Å². The molecule has 0 radical (unpaired) electrons. The number of carbonyl (C=O) groups excluding carboxylic acids is 1. The van der Waals surface area contributed by atoms with Crippen molar-refractivity contribution in [2.45, 2.75) is 18.0 Å². The molecule has 0 N–H and O–H groups in total. The van der Waals surface area contributed by atoms with Crippen LogP contribution in [0.1, 0.15) is 12.6 Å². The fourth-order valence-electron chi connectivity index (χ4n) is 2.94. The Morgan fingerprint density at radius 3 is 2.50 bits per heavy atom. The maximum absolute atomic E-state index is 14.0. The molecule has 0 saturated carbocycles. The number of hydrogen-bond acceptors (Lipinski definition) is 5. The number of hydrogen-bond donors (Lipinski definition) is 0. The van der Waals surface area contributed by atoms with E-state index >= 15 is 0 Å². The van der Waals surface area contributed by atoms with Crippen molar-refractivity contribution in [3.63, 3.8) is 0 Å². The molecule has 1 aromatic heterocycles. The molecule has 0 unspecified atom stereocenters. The Morgan fingerprint density at radius 2 is 1.90 bits per heavy atom. The lowest BCUT2D eigenvalue weighted by atomic mass is 10.2. The minimum absolute atomic E-state index is 0.0357. The Labute approximate surface area is 169 Å². The molecule has 1 fully saturated rings. The number of aromatic nitrogens is 1. The second-order valence-corrected chi connectivity index (χ2v) is 8.24. The predicted molar refractivity (Wildman–Crippen MR) is 97.9 cm³/mol. The van der Waals surface area contributed by atoms with Crippen LogP contribution in [0.5, 0.6) is 5.75 Å². The molecule has 3 rings (SSSR count). The summed E-state index contributed by atoms with van der Waals surface area (Å²) < 4.78 is 84.0. The number of nitrogens with zero attached hydrogens (tertiary/aromatic N) is 3. The van der Waals surface area contributed by atoms with Crippen molar-refractivity contribution in [2.24, 2.45) is 0 Å². The van der Waals surface area contributed by atoms with Crippen molar-refractivity contribution in [1.82, 2.24) is 9.29 Å². The number of alkyl halides is 3. The highest BCUT2D eigenvalue weighted by Crippen LogP contribution is 2.31. The molecule has 0 atom stereocenters. The van der Waals surface area contributed by atoms with Crippen LogP contribution >= 0.6 is 0 Å². The fraction of sp³-hybridized carbons (Fsp3) is 0.333. The Kier molecular flexibility index (Phi) is 5.99. The molecule has 0 spiro atoms. The van der Waals surface area contributed by atoms with Crippen LogP contribution in [0.4, 0.5) is 23.2 Å². The third kappa shape index (κ3) is 4.38. The van der Waals surface area contributed by atoms with E-state index in [2.05, 4.69) is 4.98 Å². The van der Waals surface area contributed by atoms with Gasteiger partial charge in [0.2, 0.25) is 15.9 Å². The molecule has 1 aromatic carbocycles. The quantitative estimate of drug-likeness (QED) is 0.659. The predicted octanol–water partition coefficient (Wildman–Crippen LogP) is 2.68. The molecule has 2 aromatic rings. The zero-order valence-corrected chi connectivity index (χ0v) is 16.5. The number of pyridine rings is 1. The number of rotatable bonds is 5. The van der Waals surface area contributed by atoms with Gasteiger partial charge in [-0.15, -0.1) is 0 Å². The molecule has 1 aliphatic rings. The Bertz CT molecular complexity index is 1060. The molecule has 0 aliphatic carbocycles. The van der Waals surface area contributed by atoms with Gasteiger partial charge in [0.25, 0.3) is 0 Å². The topological polar surface area (TPSA) is 79.8 Å². The number of sulfonamides is 1. The van der Waals surface area contributed by atoms with Gasteiger partial charge in [-0.25, -0.2) is 12.8 Å². The zero-order valence-electron chi connectivity index (χ0n) is 15.7. The minimum Gasteiger partial charge on any atom is -0.491 e. The first-order valence-corrected chi connectivity index (χ1v) is 10.2. The van der Waals surface area contributed by atoms with Gasteiger partial charge in [-0.3, -0.25) is 9.78 Å². The monoisotopic (exact) mass is 447 g/mol. The molecule has 1 saturated heterocycles. The standard InChI is InChI=1S/C18H17F4N3O4S/c1-2-29-15-4-3-13(10-14(15)19)30(27,28)24-7-8-25(17(26)11-24)12-5-6-23-16(9-12)18(20,21)22/h3-6,9-10H,2,7-8,11H2,1H3. The molecule has 2 heterocycles. The van der Waals surface area contributed by atoms with Gasteiger partial charge in [0.1, 0.15) is 5.69 Å². The van der Waals surface area contributed by atoms with E-state index in [0.29, 0.717) is 0 Å². The molecule has 30 heavy (non-hydrogen) atoms. The number of halogens is 4. The molecule has 0 bridgehead atoms. The van der Waals surface area contributed by atoms with E-state index in [-0.39, 0.29) is 36.0 Å². The fourth-order valence-corrected chi connectivity index (χ4v) is 4.33. The summed E-state index contributed by atoms with van der Waals surface area (Å²) in [7, 11) is -4.19. The lowest BCUT2D eigenvalue weighted by Gasteiger charge is -2.33. The van der Waals surface area contributed by atoms with Crippen molar-refractivity contribution in [2.75, 3.05) is 31.1 Å². The number of piperazine rings is 1. The molecule has 1 amide bonds. The smallest absolute Gasteiger partial charge is 0.433 e. The third-order valence-corrected chi connectivity index (χ3v) is 6.21. The summed E-state index contributed by atoms with van der Waals surface area (Å²) in [5.74, 6) is -1.68. The van der Waals surface area contributed by atoms with Crippen molar-refractivity contribution < 1.29 is 35.5 Å². The third-order valence-electron chi connectivity index (χ3n) is 4.37. The van der Waals surface area contributed by atoms with Gasteiger partial charge in [-0.2, -0.15) is 17.5 Å². The average Bonchev–Trinajstić information content (AvgIpc) is 2.69. The van der Waals surface area contributed by atoms with Crippen molar-refractivity contribution >= 4 is 21.6 Å². The Balaban J connectivity index is 1.80. The van der Waals surface area contributed by atoms with Crippen LogP contribution in [0.2, 0.25) is 0 Å². The van der Waals surface area contributed by atoms with Gasteiger partial charge in [-0.1, -0.05) is 0 Å². The van der Waals surface area contributed by atoms with E-state index in [1.165, 1.54) is 18.2 Å². The maximum Gasteiger partial charge on any atom is 0.433 e. The first kappa shape index (κ1) is 22.0. The summed E-state index contributed by atoms with van der Waals surface area (Å²) in [6.45, 7) is 0.909. The van der Waals surface area contributed by atoms with Gasteiger partial charge >= 0.3 is 6.18 Å². The molecule has 12 heteroatoms. The maximum atomic E-state index is 14.0. The highest BCUT2D eigenvalue weighted by molar-refractivity contribution is 7.89. The van der Waals surface area contributed by atoms with Gasteiger partial charge in [0.05, 0.1) is 18.0 Å². The number of anilines is 1. The zero-order chi connectivity index (χ0) is 22.1. The average molecular weight is 447 g/mol. The first-order valence-electron chi connectivity index (χ1n) is 8.80. The van der Waals surface area contributed by atoms with E-state index in [9.17, 15) is 30.8 Å². The number of ether oxygens (including phenoxy) is 1. The van der Waals surface area contributed by atoms with Crippen LogP contribution in [0.15, 0.2) is 41.4 Å². The molecule has 7 nitrogen and oxygen atoms in total. The lowest BCUT2D eigenvalue weighted by molar-refractivity contribution is -0.141. The highest BCUT2D eigenvalue weighted by Gasteiger charge is 2.36. The summed E-state index contributed by atoms with van der Waals surface area (Å²) in [5.41, 5.74) is -1.20. The SMILES string of the molecule is CCOc1ccc(S(=O)(=O)N2CCN(c3ccnc(C(F)(F)F)c3)C(=O)C2)cc1F. The second-order valence-electron chi connectivity index (χ2n) is 6.31. The van der Waals surface area contributed by atoms with E-state index in [1.807, 2.05) is 0 Å². The van der Waals surface area contributed by atoms with E-state index in [0.717, 1.165) is 27.5 Å². The van der Waals surface area contributed by atoms with E-state index < -0.39 is 40.2 Å². The lowest BCUT2D eigenvalue weighted by Crippen LogP contribution is -2.52. The van der Waals surface area contributed by atoms with E-state index in [4.69, 9.17) is 4.74 Å². The van der Waals surface area contributed by atoms with Crippen molar-refractivity contribution in [1.29, 1.82) is 0 Å². The summed E-state index contributed by atoms with van der Waals surface area (Å²) in [4.78, 5) is 16.4. The van der Waals surface area contributed by atoms with Crippen molar-refractivity contribution in [3.05, 3.63) is 48.0 Å². The highest BCUT2D eigenvalue weighted by atomic mass is 32.2. The number of amides is 1.